The summed E-state index contributed by atoms with van der Waals surface area (Å²) in [6, 6.07) is 16.9. The van der Waals surface area contributed by atoms with Crippen LogP contribution < -0.4 is 16.9 Å². The fourth-order valence-corrected chi connectivity index (χ4v) is 4.41. The second-order valence-electron chi connectivity index (χ2n) is 10.4. The van der Waals surface area contributed by atoms with Crippen LogP contribution >= 0.6 is 0 Å². The number of esters is 2. The molecule has 4 aromatic rings. The molecule has 0 aliphatic rings. The van der Waals surface area contributed by atoms with Gasteiger partial charge >= 0.3 is 17.8 Å². The first-order chi connectivity index (χ1) is 21.1. The van der Waals surface area contributed by atoms with Crippen molar-refractivity contribution in [2.24, 2.45) is 11.1 Å². The number of benzene rings is 2. The number of nitrogens with two attached hydrogens (primary N) is 1. The summed E-state index contributed by atoms with van der Waals surface area (Å²) in [5.41, 5.74) is 6.63. The molecule has 1 amide bonds. The number of aromatic nitrogens is 3. The van der Waals surface area contributed by atoms with E-state index in [0.29, 0.717) is 6.42 Å². The second-order valence-corrected chi connectivity index (χ2v) is 10.4. The van der Waals surface area contributed by atoms with Gasteiger partial charge in [-0.1, -0.05) is 59.8 Å². The van der Waals surface area contributed by atoms with Crippen molar-refractivity contribution in [3.63, 3.8) is 0 Å². The standard InChI is InChI=1S/C30H33N5O9/c1-19-25(44-29(40)43-19)16-41-28(39)30(2,17-36)13-23(12-20-8-10-22(11-9-20)21-6-4-3-5-7-21)32-27(38)24-15-35(34-33-24)18-42-26(37)14-31/h3-11,15,23,36H,12-14,16-18,31H2,1-2H3,(H,32,38)/t23-,30+/m1/s1. The van der Waals surface area contributed by atoms with Crippen molar-refractivity contribution < 1.29 is 37.8 Å². The molecule has 44 heavy (non-hydrogen) atoms. The summed E-state index contributed by atoms with van der Waals surface area (Å²) < 4.78 is 21.1. The van der Waals surface area contributed by atoms with E-state index in [9.17, 15) is 24.3 Å². The summed E-state index contributed by atoms with van der Waals surface area (Å²) in [6.07, 6.45) is 1.57. The van der Waals surface area contributed by atoms with E-state index in [1.165, 1.54) is 20.0 Å². The fourth-order valence-electron chi connectivity index (χ4n) is 4.41. The summed E-state index contributed by atoms with van der Waals surface area (Å²) in [5.74, 6) is -2.72. The first kappa shape index (κ1) is 31.8. The third-order valence-corrected chi connectivity index (χ3v) is 6.88. The molecule has 14 heteroatoms. The Morgan fingerprint density at radius 2 is 1.77 bits per heavy atom. The van der Waals surface area contributed by atoms with E-state index in [-0.39, 0.29) is 43.5 Å². The lowest BCUT2D eigenvalue weighted by molar-refractivity contribution is -0.160. The molecule has 0 saturated carbocycles. The molecule has 2 aromatic heterocycles. The summed E-state index contributed by atoms with van der Waals surface area (Å²) in [6.45, 7) is 1.44. The van der Waals surface area contributed by atoms with Gasteiger partial charge in [-0.25, -0.2) is 9.48 Å². The number of aryl methyl sites for hydroxylation is 1. The molecule has 0 saturated heterocycles. The van der Waals surface area contributed by atoms with E-state index in [1.54, 1.807) is 0 Å². The Bertz CT molecular complexity index is 1630. The van der Waals surface area contributed by atoms with Gasteiger partial charge in [0.05, 0.1) is 24.8 Å². The third kappa shape index (κ3) is 8.26. The Morgan fingerprint density at radius 3 is 2.41 bits per heavy atom. The van der Waals surface area contributed by atoms with Gasteiger partial charge in [-0.15, -0.1) is 5.10 Å². The molecule has 2 aromatic carbocycles. The largest absolute Gasteiger partial charge is 0.519 e. The number of nitrogens with one attached hydrogen (secondary N) is 1. The minimum atomic E-state index is -1.45. The zero-order valence-electron chi connectivity index (χ0n) is 24.2. The highest BCUT2D eigenvalue weighted by atomic mass is 16.6. The van der Waals surface area contributed by atoms with Crippen LogP contribution in [-0.4, -0.2) is 57.1 Å². The van der Waals surface area contributed by atoms with Gasteiger partial charge in [0.2, 0.25) is 0 Å². The molecule has 0 bridgehead atoms. The second kappa shape index (κ2) is 14.4. The van der Waals surface area contributed by atoms with Gasteiger partial charge in [-0.3, -0.25) is 14.4 Å². The van der Waals surface area contributed by atoms with Crippen LogP contribution in [0.4, 0.5) is 0 Å². The quantitative estimate of drug-likeness (QED) is 0.176. The molecular weight excluding hydrogens is 574 g/mol. The topological polar surface area (TPSA) is 202 Å². The van der Waals surface area contributed by atoms with E-state index < -0.39 is 41.7 Å². The fraction of sp³-hybridized carbons (Fsp3) is 0.333. The van der Waals surface area contributed by atoms with Crippen molar-refractivity contribution in [1.82, 2.24) is 20.3 Å². The molecule has 0 aliphatic carbocycles. The zero-order valence-corrected chi connectivity index (χ0v) is 24.2. The number of carbonyl (C=O) groups excluding carboxylic acids is 3. The number of rotatable bonds is 14. The molecule has 4 rings (SSSR count). The van der Waals surface area contributed by atoms with Crippen molar-refractivity contribution >= 4 is 17.8 Å². The number of aliphatic hydroxyl groups excluding tert-OH is 1. The molecule has 14 nitrogen and oxygen atoms in total. The highest BCUT2D eigenvalue weighted by Crippen LogP contribution is 2.28. The normalized spacial score (nSPS) is 13.1. The minimum Gasteiger partial charge on any atom is -0.457 e. The Morgan fingerprint density at radius 1 is 1.07 bits per heavy atom. The van der Waals surface area contributed by atoms with Crippen LogP contribution in [-0.2, 0) is 38.8 Å². The first-order valence-electron chi connectivity index (χ1n) is 13.7. The summed E-state index contributed by atoms with van der Waals surface area (Å²) in [5, 5.41) is 20.8. The lowest BCUT2D eigenvalue weighted by Gasteiger charge is -2.30. The van der Waals surface area contributed by atoms with E-state index in [0.717, 1.165) is 21.4 Å². The average Bonchev–Trinajstić information content (AvgIpc) is 3.64. The van der Waals surface area contributed by atoms with E-state index in [2.05, 4.69) is 15.6 Å². The van der Waals surface area contributed by atoms with Crippen molar-refractivity contribution in [2.75, 3.05) is 13.2 Å². The molecular formula is C30H33N5O9. The monoisotopic (exact) mass is 607 g/mol. The SMILES string of the molecule is Cc1oc(=O)oc1COC(=O)[C@](C)(CO)C[C@@H](Cc1ccc(-c2ccccc2)cc1)NC(=O)c1cn(COC(=O)CN)nn1. The predicted molar refractivity (Wildman–Crippen MR) is 154 cm³/mol. The zero-order chi connectivity index (χ0) is 31.7. The molecule has 4 N–H and O–H groups in total. The van der Waals surface area contributed by atoms with E-state index in [4.69, 9.17) is 24.0 Å². The Balaban J connectivity index is 1.51. The number of hydrogen-bond donors (Lipinski definition) is 3. The molecule has 0 radical (unpaired) electrons. The van der Waals surface area contributed by atoms with Gasteiger partial charge in [0.15, 0.2) is 30.6 Å². The van der Waals surface area contributed by atoms with Crippen LogP contribution in [0.15, 0.2) is 74.4 Å². The molecule has 0 spiro atoms. The van der Waals surface area contributed by atoms with Gasteiger partial charge in [0.25, 0.3) is 5.91 Å². The third-order valence-electron chi connectivity index (χ3n) is 6.88. The van der Waals surface area contributed by atoms with Crippen molar-refractivity contribution in [2.45, 2.75) is 46.1 Å². The number of nitrogens with zero attached hydrogens (tertiary/aromatic N) is 3. The number of ether oxygens (including phenoxy) is 2. The summed E-state index contributed by atoms with van der Waals surface area (Å²) >= 11 is 0. The van der Waals surface area contributed by atoms with Gasteiger partial charge in [-0.05, 0) is 43.4 Å². The number of carbonyl (C=O) groups is 3. The molecule has 0 aliphatic heterocycles. The lowest BCUT2D eigenvalue weighted by Crippen LogP contribution is -2.44. The van der Waals surface area contributed by atoms with E-state index in [1.807, 2.05) is 54.6 Å². The first-order valence-corrected chi connectivity index (χ1v) is 13.7. The van der Waals surface area contributed by atoms with Crippen LogP contribution in [0.2, 0.25) is 0 Å². The van der Waals surface area contributed by atoms with Crippen LogP contribution in [0.25, 0.3) is 11.1 Å². The molecule has 0 unspecified atom stereocenters. The average molecular weight is 608 g/mol. The van der Waals surface area contributed by atoms with Crippen molar-refractivity contribution in [1.29, 1.82) is 0 Å². The Labute approximate surface area is 251 Å². The predicted octanol–water partition coefficient (Wildman–Crippen LogP) is 1.73. The smallest absolute Gasteiger partial charge is 0.457 e. The Kier molecular flexibility index (Phi) is 10.4. The van der Waals surface area contributed by atoms with Crippen molar-refractivity contribution in [3.05, 3.63) is 94.2 Å². The maximum Gasteiger partial charge on any atom is 0.519 e. The molecule has 232 valence electrons. The van der Waals surface area contributed by atoms with Gasteiger partial charge in [0, 0.05) is 6.04 Å². The highest BCUT2D eigenvalue weighted by Gasteiger charge is 2.38. The van der Waals surface area contributed by atoms with Crippen molar-refractivity contribution in [3.8, 4) is 11.1 Å². The van der Waals surface area contributed by atoms with Crippen LogP contribution in [0.1, 0.15) is 40.9 Å². The number of amides is 1. The molecule has 0 fully saturated rings. The van der Waals surface area contributed by atoms with Crippen LogP contribution in [0.5, 0.6) is 0 Å². The van der Waals surface area contributed by atoms with Gasteiger partial charge in [0.1, 0.15) is 0 Å². The minimum absolute atomic E-state index is 0.0227. The molecule has 2 heterocycles. The maximum absolute atomic E-state index is 13.2. The van der Waals surface area contributed by atoms with Gasteiger partial charge < -0.3 is 34.5 Å². The number of aliphatic hydroxyl groups is 1. The maximum atomic E-state index is 13.2. The summed E-state index contributed by atoms with van der Waals surface area (Å²) in [4.78, 5) is 49.0. The number of hydrogen-bond acceptors (Lipinski definition) is 12. The lowest BCUT2D eigenvalue weighted by atomic mass is 9.82. The summed E-state index contributed by atoms with van der Waals surface area (Å²) in [7, 11) is 0. The molecule has 2 atom stereocenters. The van der Waals surface area contributed by atoms with Gasteiger partial charge in [-0.2, -0.15) is 0 Å². The van der Waals surface area contributed by atoms with Crippen LogP contribution in [0, 0.1) is 12.3 Å². The van der Waals surface area contributed by atoms with E-state index >= 15 is 0 Å². The Hall–Kier alpha value is -5.08. The van der Waals surface area contributed by atoms with Crippen LogP contribution in [0.3, 0.4) is 0 Å². The highest BCUT2D eigenvalue weighted by molar-refractivity contribution is 5.92.